The number of hydrogen-bond donors (Lipinski definition) is 1. The highest BCUT2D eigenvalue weighted by Crippen LogP contribution is 2.20. The molecular formula is C14H16ClN3O2. The fraction of sp³-hybridized carbons (Fsp3) is 0.429. The molecule has 2 amide bonds. The SMILES string of the molecule is O=C1C(=O)N2CCNCC2CN1Cc1ccccc1Cl. The molecule has 3 rings (SSSR count). The van der Waals surface area contributed by atoms with Gasteiger partial charge in [0.1, 0.15) is 0 Å². The van der Waals surface area contributed by atoms with Gasteiger partial charge >= 0.3 is 11.8 Å². The molecule has 1 aromatic carbocycles. The molecule has 0 bridgehead atoms. The van der Waals surface area contributed by atoms with Crippen LogP contribution in [-0.4, -0.2) is 53.8 Å². The zero-order chi connectivity index (χ0) is 14.1. The number of carbonyl (C=O) groups excluding carboxylic acids is 2. The zero-order valence-electron chi connectivity index (χ0n) is 11.0. The van der Waals surface area contributed by atoms with Crippen molar-refractivity contribution in [1.82, 2.24) is 15.1 Å². The van der Waals surface area contributed by atoms with Gasteiger partial charge in [0.15, 0.2) is 0 Å². The highest BCUT2D eigenvalue weighted by molar-refractivity contribution is 6.35. The van der Waals surface area contributed by atoms with Gasteiger partial charge in [0, 0.05) is 37.7 Å². The van der Waals surface area contributed by atoms with Crippen LogP contribution in [0.25, 0.3) is 0 Å². The van der Waals surface area contributed by atoms with Crippen molar-refractivity contribution in [3.63, 3.8) is 0 Å². The predicted molar refractivity (Wildman–Crippen MR) is 75.2 cm³/mol. The Balaban J connectivity index is 1.78. The zero-order valence-corrected chi connectivity index (χ0v) is 11.8. The molecule has 2 aliphatic heterocycles. The molecule has 1 atom stereocenters. The molecular weight excluding hydrogens is 278 g/mol. The quantitative estimate of drug-likeness (QED) is 0.807. The monoisotopic (exact) mass is 293 g/mol. The lowest BCUT2D eigenvalue weighted by Gasteiger charge is -2.43. The number of nitrogens with one attached hydrogen (secondary N) is 1. The van der Waals surface area contributed by atoms with Crippen molar-refractivity contribution in [2.45, 2.75) is 12.6 Å². The average molecular weight is 294 g/mol. The number of nitrogens with zero attached hydrogens (tertiary/aromatic N) is 2. The standard InChI is InChI=1S/C14H16ClN3O2/c15-12-4-2-1-3-10(12)8-17-9-11-7-16-5-6-18(11)14(20)13(17)19/h1-4,11,16H,5-9H2. The molecule has 0 spiro atoms. The highest BCUT2D eigenvalue weighted by Gasteiger charge is 2.39. The van der Waals surface area contributed by atoms with E-state index in [4.69, 9.17) is 11.6 Å². The average Bonchev–Trinajstić information content (AvgIpc) is 2.47. The summed E-state index contributed by atoms with van der Waals surface area (Å²) in [5.41, 5.74) is 0.868. The molecule has 2 heterocycles. The van der Waals surface area contributed by atoms with E-state index < -0.39 is 11.8 Å². The second-order valence-corrected chi connectivity index (χ2v) is 5.54. The van der Waals surface area contributed by atoms with Gasteiger partial charge in [0.2, 0.25) is 0 Å². The molecule has 2 aliphatic rings. The second kappa shape index (κ2) is 5.42. The Morgan fingerprint density at radius 1 is 1.25 bits per heavy atom. The Bertz CT molecular complexity index is 549. The third-order valence-electron chi connectivity index (χ3n) is 3.83. The summed E-state index contributed by atoms with van der Waals surface area (Å²) < 4.78 is 0. The summed E-state index contributed by atoms with van der Waals surface area (Å²) in [5, 5.41) is 3.88. The van der Waals surface area contributed by atoms with Crippen molar-refractivity contribution < 1.29 is 9.59 Å². The Kier molecular flexibility index (Phi) is 3.63. The minimum absolute atomic E-state index is 0.0661. The number of fused-ring (bicyclic) bond motifs is 1. The van der Waals surface area contributed by atoms with Crippen molar-refractivity contribution in [1.29, 1.82) is 0 Å². The van der Waals surface area contributed by atoms with E-state index >= 15 is 0 Å². The Hall–Kier alpha value is -1.59. The van der Waals surface area contributed by atoms with Gasteiger partial charge in [-0.15, -0.1) is 0 Å². The molecule has 0 radical (unpaired) electrons. The maximum Gasteiger partial charge on any atom is 0.312 e. The normalized spacial score (nSPS) is 22.9. The summed E-state index contributed by atoms with van der Waals surface area (Å²) >= 11 is 6.12. The number of halogens is 1. The summed E-state index contributed by atoms with van der Waals surface area (Å²) in [6.07, 6.45) is 0. The van der Waals surface area contributed by atoms with Crippen LogP contribution in [0.2, 0.25) is 5.02 Å². The summed E-state index contributed by atoms with van der Waals surface area (Å²) in [7, 11) is 0. The van der Waals surface area contributed by atoms with Crippen LogP contribution in [-0.2, 0) is 16.1 Å². The minimum atomic E-state index is -0.428. The first kappa shape index (κ1) is 13.4. The number of carbonyl (C=O) groups is 2. The summed E-state index contributed by atoms with van der Waals surface area (Å²) in [4.78, 5) is 27.6. The van der Waals surface area contributed by atoms with E-state index in [1.807, 2.05) is 18.2 Å². The summed E-state index contributed by atoms with van der Waals surface area (Å²) in [6.45, 7) is 3.03. The van der Waals surface area contributed by atoms with E-state index in [1.54, 1.807) is 15.9 Å². The Labute approximate surface area is 122 Å². The smallest absolute Gasteiger partial charge is 0.312 e. The van der Waals surface area contributed by atoms with Crippen LogP contribution in [0.4, 0.5) is 0 Å². The topological polar surface area (TPSA) is 52.7 Å². The lowest BCUT2D eigenvalue weighted by atomic mass is 10.1. The van der Waals surface area contributed by atoms with Crippen LogP contribution in [0.3, 0.4) is 0 Å². The van der Waals surface area contributed by atoms with E-state index in [9.17, 15) is 9.59 Å². The van der Waals surface area contributed by atoms with Crippen molar-refractivity contribution in [2.75, 3.05) is 26.2 Å². The van der Waals surface area contributed by atoms with E-state index in [0.717, 1.165) is 18.7 Å². The van der Waals surface area contributed by atoms with E-state index in [0.29, 0.717) is 24.7 Å². The molecule has 0 aromatic heterocycles. The first-order valence-electron chi connectivity index (χ1n) is 6.71. The first-order chi connectivity index (χ1) is 9.66. The molecule has 5 nitrogen and oxygen atoms in total. The molecule has 2 saturated heterocycles. The van der Waals surface area contributed by atoms with E-state index in [2.05, 4.69) is 5.32 Å². The van der Waals surface area contributed by atoms with Gasteiger partial charge in [-0.25, -0.2) is 0 Å². The van der Waals surface area contributed by atoms with Crippen LogP contribution in [0, 0.1) is 0 Å². The molecule has 2 fully saturated rings. The molecule has 1 unspecified atom stereocenters. The third-order valence-corrected chi connectivity index (χ3v) is 4.20. The second-order valence-electron chi connectivity index (χ2n) is 5.13. The highest BCUT2D eigenvalue weighted by atomic mass is 35.5. The minimum Gasteiger partial charge on any atom is -0.328 e. The molecule has 0 aliphatic carbocycles. The molecule has 106 valence electrons. The van der Waals surface area contributed by atoms with Gasteiger partial charge in [-0.1, -0.05) is 29.8 Å². The molecule has 1 N–H and O–H groups in total. The predicted octanol–water partition coefficient (Wildman–Crippen LogP) is 0.483. The van der Waals surface area contributed by atoms with Crippen molar-refractivity contribution >= 4 is 23.4 Å². The number of hydrogen-bond acceptors (Lipinski definition) is 3. The van der Waals surface area contributed by atoms with Gasteiger partial charge in [0.25, 0.3) is 0 Å². The van der Waals surface area contributed by atoms with E-state index in [-0.39, 0.29) is 6.04 Å². The number of benzene rings is 1. The van der Waals surface area contributed by atoms with Crippen LogP contribution in [0.1, 0.15) is 5.56 Å². The van der Waals surface area contributed by atoms with Crippen molar-refractivity contribution in [2.24, 2.45) is 0 Å². The van der Waals surface area contributed by atoms with Crippen molar-refractivity contribution in [3.8, 4) is 0 Å². The lowest BCUT2D eigenvalue weighted by molar-refractivity contribution is -0.160. The van der Waals surface area contributed by atoms with Crippen LogP contribution in [0.15, 0.2) is 24.3 Å². The van der Waals surface area contributed by atoms with Gasteiger partial charge < -0.3 is 15.1 Å². The van der Waals surface area contributed by atoms with Gasteiger partial charge in [-0.05, 0) is 11.6 Å². The van der Waals surface area contributed by atoms with Crippen LogP contribution in [0.5, 0.6) is 0 Å². The number of rotatable bonds is 2. The Morgan fingerprint density at radius 2 is 2.05 bits per heavy atom. The van der Waals surface area contributed by atoms with Crippen molar-refractivity contribution in [3.05, 3.63) is 34.9 Å². The maximum atomic E-state index is 12.2. The molecule has 1 aromatic rings. The fourth-order valence-corrected chi connectivity index (χ4v) is 2.95. The van der Waals surface area contributed by atoms with Gasteiger partial charge in [-0.3, -0.25) is 9.59 Å². The van der Waals surface area contributed by atoms with Gasteiger partial charge in [0.05, 0.1) is 6.04 Å². The number of piperazine rings is 2. The summed E-state index contributed by atoms with van der Waals surface area (Å²) in [6, 6.07) is 7.47. The largest absolute Gasteiger partial charge is 0.328 e. The molecule has 0 saturated carbocycles. The third kappa shape index (κ3) is 2.39. The lowest BCUT2D eigenvalue weighted by Crippen LogP contribution is -2.65. The first-order valence-corrected chi connectivity index (χ1v) is 7.08. The fourth-order valence-electron chi connectivity index (χ4n) is 2.76. The Morgan fingerprint density at radius 3 is 2.85 bits per heavy atom. The summed E-state index contributed by atoms with van der Waals surface area (Å²) in [5.74, 6) is -0.821. The number of amides is 2. The van der Waals surface area contributed by atoms with E-state index in [1.165, 1.54) is 0 Å². The van der Waals surface area contributed by atoms with Gasteiger partial charge in [-0.2, -0.15) is 0 Å². The molecule has 20 heavy (non-hydrogen) atoms. The maximum absolute atomic E-state index is 12.2. The van der Waals surface area contributed by atoms with Crippen LogP contribution < -0.4 is 5.32 Å². The van der Waals surface area contributed by atoms with Crippen LogP contribution >= 0.6 is 11.6 Å². The molecule has 6 heteroatoms.